The zero-order valence-corrected chi connectivity index (χ0v) is 17.0. The summed E-state index contributed by atoms with van der Waals surface area (Å²) in [6, 6.07) is 13.8. The number of rotatable bonds is 7. The van der Waals surface area contributed by atoms with Gasteiger partial charge in [0.05, 0.1) is 12.2 Å². The Hall–Kier alpha value is -3.04. The lowest BCUT2D eigenvalue weighted by Crippen LogP contribution is -2.32. The van der Waals surface area contributed by atoms with E-state index in [1.165, 1.54) is 11.8 Å². The molecule has 0 fully saturated rings. The van der Waals surface area contributed by atoms with Crippen LogP contribution in [0.3, 0.4) is 0 Å². The number of nitrogens with one attached hydrogen (secondary N) is 1. The van der Waals surface area contributed by atoms with Gasteiger partial charge in [-0.05, 0) is 48.9 Å². The number of ether oxygens (including phenoxy) is 1. The van der Waals surface area contributed by atoms with E-state index in [9.17, 15) is 9.59 Å². The van der Waals surface area contributed by atoms with Crippen molar-refractivity contribution in [2.45, 2.75) is 17.8 Å². The maximum Gasteiger partial charge on any atom is 0.338 e. The number of carbonyl (C=O) groups excluding carboxylic acids is 1. The molecule has 8 nitrogen and oxygen atoms in total. The fraction of sp³-hybridized carbons (Fsp3) is 0.158. The number of nitrogen functional groups attached to an aromatic ring is 1. The quantitative estimate of drug-likeness (QED) is 0.333. The number of aromatic nitrogens is 3. The summed E-state index contributed by atoms with van der Waals surface area (Å²) in [6.45, 7) is 2.04. The Labute approximate surface area is 176 Å². The molecular formula is C19H18ClN5O3S. The summed E-state index contributed by atoms with van der Waals surface area (Å²) >= 11 is 7.16. The first-order chi connectivity index (χ1) is 14.0. The minimum absolute atomic E-state index is 0.0211. The number of hydrogen-bond acceptors (Lipinski definition) is 8. The lowest BCUT2D eigenvalue weighted by Gasteiger charge is -2.09. The maximum atomic E-state index is 12.5. The molecule has 10 heteroatoms. The summed E-state index contributed by atoms with van der Waals surface area (Å²) in [5, 5.41) is 11.8. The molecule has 0 bridgehead atoms. The van der Waals surface area contributed by atoms with Crippen LogP contribution in [0.25, 0.3) is 0 Å². The first-order valence-corrected chi connectivity index (χ1v) is 10.0. The summed E-state index contributed by atoms with van der Waals surface area (Å²) < 4.78 is 5.88. The van der Waals surface area contributed by atoms with Gasteiger partial charge in [0, 0.05) is 16.5 Å². The molecule has 2 aromatic carbocycles. The molecule has 0 saturated carbocycles. The van der Waals surface area contributed by atoms with Crippen molar-refractivity contribution in [3.8, 4) is 0 Å². The number of thioether (sulfide) groups is 1. The summed E-state index contributed by atoms with van der Waals surface area (Å²) in [4.78, 5) is 24.2. The van der Waals surface area contributed by atoms with E-state index in [2.05, 4.69) is 15.5 Å². The molecule has 0 radical (unpaired) electrons. The van der Waals surface area contributed by atoms with E-state index in [0.29, 0.717) is 28.6 Å². The molecule has 1 heterocycles. The van der Waals surface area contributed by atoms with Crippen LogP contribution in [0.2, 0.25) is 5.02 Å². The molecule has 0 aliphatic rings. The monoisotopic (exact) mass is 431 g/mol. The highest BCUT2D eigenvalue weighted by Gasteiger charge is 2.12. The van der Waals surface area contributed by atoms with Gasteiger partial charge < -0.3 is 15.9 Å². The topological polar surface area (TPSA) is 112 Å². The lowest BCUT2D eigenvalue weighted by molar-refractivity contribution is 0.0526. The van der Waals surface area contributed by atoms with Crippen LogP contribution in [0.4, 0.5) is 11.5 Å². The van der Waals surface area contributed by atoms with E-state index in [1.807, 2.05) is 12.1 Å². The Morgan fingerprint density at radius 2 is 1.86 bits per heavy atom. The number of halogens is 1. The van der Waals surface area contributed by atoms with Gasteiger partial charge >= 0.3 is 11.5 Å². The lowest BCUT2D eigenvalue weighted by atomic mass is 10.2. The number of carbonyl (C=O) groups is 1. The van der Waals surface area contributed by atoms with Gasteiger partial charge in [-0.3, -0.25) is 4.79 Å². The SMILES string of the molecule is CCOC(=O)c1ccc(Nc2nnc(SCc3ccc(Cl)cc3)n(N)c2=O)cc1. The second-order valence-corrected chi connectivity index (χ2v) is 7.22. The van der Waals surface area contributed by atoms with Gasteiger partial charge in [-0.15, -0.1) is 10.2 Å². The highest BCUT2D eigenvalue weighted by atomic mass is 35.5. The average Bonchev–Trinajstić information content (AvgIpc) is 2.73. The van der Waals surface area contributed by atoms with E-state index in [4.69, 9.17) is 22.2 Å². The van der Waals surface area contributed by atoms with Crippen LogP contribution in [0.15, 0.2) is 58.5 Å². The number of anilines is 2. The summed E-state index contributed by atoms with van der Waals surface area (Å²) in [5.41, 5.74) is 1.46. The molecule has 3 rings (SSSR count). The maximum absolute atomic E-state index is 12.5. The standard InChI is InChI=1S/C19H18ClN5O3S/c1-2-28-18(27)13-5-9-15(10-6-13)22-16-17(26)25(21)19(24-23-16)29-11-12-3-7-14(20)8-4-12/h3-10H,2,11,21H2,1H3,(H,22,23). The zero-order valence-electron chi connectivity index (χ0n) is 15.5. The van der Waals surface area contributed by atoms with Gasteiger partial charge in [0.1, 0.15) is 0 Å². The Morgan fingerprint density at radius 3 is 2.52 bits per heavy atom. The third-order valence-electron chi connectivity index (χ3n) is 3.80. The van der Waals surface area contributed by atoms with Crippen molar-refractivity contribution in [2.24, 2.45) is 0 Å². The molecule has 0 spiro atoms. The number of nitrogens with zero attached hydrogens (tertiary/aromatic N) is 3. The fourth-order valence-corrected chi connectivity index (χ4v) is 3.27. The highest BCUT2D eigenvalue weighted by Crippen LogP contribution is 2.21. The van der Waals surface area contributed by atoms with Crippen LogP contribution in [-0.2, 0) is 10.5 Å². The van der Waals surface area contributed by atoms with E-state index in [-0.39, 0.29) is 11.0 Å². The van der Waals surface area contributed by atoms with Crippen LogP contribution in [0.5, 0.6) is 0 Å². The van der Waals surface area contributed by atoms with Crippen LogP contribution in [0.1, 0.15) is 22.8 Å². The summed E-state index contributed by atoms with van der Waals surface area (Å²) in [5.74, 6) is 6.01. The molecule has 0 aliphatic carbocycles. The minimum Gasteiger partial charge on any atom is -0.462 e. The van der Waals surface area contributed by atoms with Crippen molar-refractivity contribution < 1.29 is 9.53 Å². The van der Waals surface area contributed by atoms with Gasteiger partial charge in [-0.25, -0.2) is 4.79 Å². The first kappa shape index (κ1) is 20.7. The third-order valence-corrected chi connectivity index (χ3v) is 5.07. The van der Waals surface area contributed by atoms with E-state index in [0.717, 1.165) is 10.2 Å². The smallest absolute Gasteiger partial charge is 0.338 e. The Morgan fingerprint density at radius 1 is 1.17 bits per heavy atom. The molecule has 0 atom stereocenters. The molecule has 150 valence electrons. The molecule has 3 aromatic rings. The molecule has 0 saturated heterocycles. The molecule has 29 heavy (non-hydrogen) atoms. The van der Waals surface area contributed by atoms with Crippen molar-refractivity contribution in [3.63, 3.8) is 0 Å². The first-order valence-electron chi connectivity index (χ1n) is 8.64. The van der Waals surface area contributed by atoms with Gasteiger partial charge in [0.2, 0.25) is 11.0 Å². The predicted octanol–water partition coefficient (Wildman–Crippen LogP) is 3.22. The van der Waals surface area contributed by atoms with Gasteiger partial charge in [-0.2, -0.15) is 4.68 Å². The van der Waals surface area contributed by atoms with E-state index >= 15 is 0 Å². The average molecular weight is 432 g/mol. The summed E-state index contributed by atoms with van der Waals surface area (Å²) in [7, 11) is 0. The molecule has 1 aromatic heterocycles. The Balaban J connectivity index is 1.69. The summed E-state index contributed by atoms with van der Waals surface area (Å²) in [6.07, 6.45) is 0. The van der Waals surface area contributed by atoms with Crippen LogP contribution < -0.4 is 16.7 Å². The van der Waals surface area contributed by atoms with E-state index in [1.54, 1.807) is 43.3 Å². The zero-order chi connectivity index (χ0) is 20.8. The third kappa shape index (κ3) is 5.27. The largest absolute Gasteiger partial charge is 0.462 e. The number of esters is 1. The van der Waals surface area contributed by atoms with Crippen molar-refractivity contribution in [1.82, 2.24) is 14.9 Å². The number of benzene rings is 2. The number of nitrogens with two attached hydrogens (primary N) is 1. The van der Waals surface area contributed by atoms with Crippen LogP contribution >= 0.6 is 23.4 Å². The molecule has 0 amide bonds. The van der Waals surface area contributed by atoms with Crippen molar-refractivity contribution in [2.75, 3.05) is 17.8 Å². The number of hydrogen-bond donors (Lipinski definition) is 2. The van der Waals surface area contributed by atoms with E-state index < -0.39 is 11.5 Å². The van der Waals surface area contributed by atoms with Crippen LogP contribution in [0, 0.1) is 0 Å². The van der Waals surface area contributed by atoms with Gasteiger partial charge in [-0.1, -0.05) is 35.5 Å². The van der Waals surface area contributed by atoms with Crippen molar-refractivity contribution >= 4 is 40.8 Å². The van der Waals surface area contributed by atoms with Crippen LogP contribution in [-0.4, -0.2) is 27.4 Å². The van der Waals surface area contributed by atoms with Gasteiger partial charge in [0.25, 0.3) is 0 Å². The fourth-order valence-electron chi connectivity index (χ4n) is 2.33. The Kier molecular flexibility index (Phi) is 6.73. The van der Waals surface area contributed by atoms with Crippen molar-refractivity contribution in [3.05, 3.63) is 75.0 Å². The Bertz CT molecular complexity index is 1050. The molecular weight excluding hydrogens is 414 g/mol. The molecule has 0 unspecified atom stereocenters. The predicted molar refractivity (Wildman–Crippen MR) is 113 cm³/mol. The molecule has 3 N–H and O–H groups in total. The highest BCUT2D eigenvalue weighted by molar-refractivity contribution is 7.98. The molecule has 0 aliphatic heterocycles. The van der Waals surface area contributed by atoms with Gasteiger partial charge in [0.15, 0.2) is 0 Å². The second-order valence-electron chi connectivity index (χ2n) is 5.84. The second kappa shape index (κ2) is 9.44. The van der Waals surface area contributed by atoms with Crippen molar-refractivity contribution in [1.29, 1.82) is 0 Å². The minimum atomic E-state index is -0.520. The normalized spacial score (nSPS) is 10.6.